The zero-order valence-corrected chi connectivity index (χ0v) is 15.1. The summed E-state index contributed by atoms with van der Waals surface area (Å²) in [5.74, 6) is 2.93. The Hall–Kier alpha value is -0.710. The van der Waals surface area contributed by atoms with E-state index in [1.807, 2.05) is 35.8 Å². The molecule has 1 heterocycles. The van der Waals surface area contributed by atoms with Gasteiger partial charge in [0.1, 0.15) is 0 Å². The van der Waals surface area contributed by atoms with Crippen LogP contribution in [0.4, 0.5) is 0 Å². The highest BCUT2D eigenvalue weighted by molar-refractivity contribution is 7.98. The number of benzene rings is 1. The average Bonchev–Trinajstić information content (AvgIpc) is 2.53. The molecule has 1 N–H and O–H groups in total. The molecule has 1 aliphatic heterocycles. The summed E-state index contributed by atoms with van der Waals surface area (Å²) in [6.07, 6.45) is 2.33. The molecule has 1 atom stereocenters. The Morgan fingerprint density at radius 3 is 2.73 bits per heavy atom. The van der Waals surface area contributed by atoms with E-state index in [9.17, 15) is 4.79 Å². The number of hydrogen-bond acceptors (Lipinski definition) is 3. The fraction of sp³-hybridized carbons (Fsp3) is 0.588. The number of likely N-dealkylation sites (tertiary alicyclic amines) is 1. The first-order valence-corrected chi connectivity index (χ1v) is 9.00. The normalized spacial score (nSPS) is 17.9. The average molecular weight is 343 g/mol. The van der Waals surface area contributed by atoms with E-state index >= 15 is 0 Å². The Balaban J connectivity index is 0.00000242. The molecule has 1 aliphatic rings. The summed E-state index contributed by atoms with van der Waals surface area (Å²) in [7, 11) is 1.98. The van der Waals surface area contributed by atoms with E-state index in [4.69, 9.17) is 0 Å². The van der Waals surface area contributed by atoms with Gasteiger partial charge in [0, 0.05) is 24.4 Å². The molecule has 0 aromatic heterocycles. The first kappa shape index (κ1) is 19.3. The predicted octanol–water partition coefficient (Wildman–Crippen LogP) is 3.43. The van der Waals surface area contributed by atoms with E-state index in [1.165, 1.54) is 12.0 Å². The maximum absolute atomic E-state index is 12.6. The number of piperidine rings is 1. The minimum atomic E-state index is 0. The lowest BCUT2D eigenvalue weighted by Crippen LogP contribution is -2.42. The van der Waals surface area contributed by atoms with Crippen molar-refractivity contribution in [2.45, 2.75) is 25.5 Å². The maximum atomic E-state index is 12.6. The number of hydrogen-bond donors (Lipinski definition) is 1. The van der Waals surface area contributed by atoms with Crippen molar-refractivity contribution in [1.82, 2.24) is 10.2 Å². The molecule has 0 spiro atoms. The topological polar surface area (TPSA) is 32.3 Å². The third-order valence-electron chi connectivity index (χ3n) is 3.97. The molecule has 124 valence electrons. The molecule has 3 nitrogen and oxygen atoms in total. The standard InChI is InChI=1S/C17H26N2OS.ClH/c1-3-21-13-14-6-8-16(9-7-14)17(20)19-10-4-5-15(12-19)11-18-2;/h6-9,15,18H,3-5,10-13H2,1-2H3;1H. The van der Waals surface area contributed by atoms with E-state index in [-0.39, 0.29) is 18.3 Å². The predicted molar refractivity (Wildman–Crippen MR) is 98.1 cm³/mol. The number of nitrogens with one attached hydrogen (secondary N) is 1. The molecule has 1 aromatic carbocycles. The number of rotatable bonds is 6. The van der Waals surface area contributed by atoms with Gasteiger partial charge in [-0.05, 0) is 55.8 Å². The first-order valence-electron chi connectivity index (χ1n) is 7.85. The van der Waals surface area contributed by atoms with E-state index in [0.717, 1.165) is 43.1 Å². The van der Waals surface area contributed by atoms with E-state index in [1.54, 1.807) is 0 Å². The van der Waals surface area contributed by atoms with Gasteiger partial charge in [-0.3, -0.25) is 4.79 Å². The van der Waals surface area contributed by atoms with Gasteiger partial charge >= 0.3 is 0 Å². The van der Waals surface area contributed by atoms with Gasteiger partial charge < -0.3 is 10.2 Å². The Morgan fingerprint density at radius 2 is 2.09 bits per heavy atom. The first-order chi connectivity index (χ1) is 10.2. The fourth-order valence-corrected chi connectivity index (χ4v) is 3.48. The lowest BCUT2D eigenvalue weighted by molar-refractivity contribution is 0.0674. The summed E-state index contributed by atoms with van der Waals surface area (Å²) in [6.45, 7) is 4.94. The van der Waals surface area contributed by atoms with Crippen molar-refractivity contribution in [3.8, 4) is 0 Å². The molecule has 0 bridgehead atoms. The molecule has 22 heavy (non-hydrogen) atoms. The second-order valence-electron chi connectivity index (χ2n) is 5.65. The quantitative estimate of drug-likeness (QED) is 0.859. The van der Waals surface area contributed by atoms with Crippen molar-refractivity contribution in [3.63, 3.8) is 0 Å². The number of thioether (sulfide) groups is 1. The SMILES string of the molecule is CCSCc1ccc(C(=O)N2CCCC(CNC)C2)cc1.Cl. The number of halogens is 1. The maximum Gasteiger partial charge on any atom is 0.253 e. The van der Waals surface area contributed by atoms with Gasteiger partial charge in [-0.15, -0.1) is 12.4 Å². The van der Waals surface area contributed by atoms with Crippen LogP contribution in [0.3, 0.4) is 0 Å². The van der Waals surface area contributed by atoms with Crippen LogP contribution in [0, 0.1) is 5.92 Å². The highest BCUT2D eigenvalue weighted by atomic mass is 35.5. The summed E-state index contributed by atoms with van der Waals surface area (Å²) in [4.78, 5) is 14.6. The van der Waals surface area contributed by atoms with Crippen LogP contribution < -0.4 is 5.32 Å². The van der Waals surface area contributed by atoms with E-state index in [2.05, 4.69) is 24.4 Å². The van der Waals surface area contributed by atoms with Crippen LogP contribution in [0.2, 0.25) is 0 Å². The van der Waals surface area contributed by atoms with Crippen LogP contribution >= 0.6 is 24.2 Å². The van der Waals surface area contributed by atoms with Crippen molar-refractivity contribution < 1.29 is 4.79 Å². The minimum absolute atomic E-state index is 0. The second kappa shape index (κ2) is 10.1. The number of amides is 1. The monoisotopic (exact) mass is 342 g/mol. The van der Waals surface area contributed by atoms with Crippen LogP contribution in [-0.2, 0) is 5.75 Å². The van der Waals surface area contributed by atoms with Crippen molar-refractivity contribution >= 4 is 30.1 Å². The molecule has 1 aromatic rings. The Bertz CT molecular complexity index is 450. The van der Waals surface area contributed by atoms with Crippen LogP contribution in [0.25, 0.3) is 0 Å². The molecule has 0 aliphatic carbocycles. The molecule has 5 heteroatoms. The van der Waals surface area contributed by atoms with Crippen molar-refractivity contribution in [2.75, 3.05) is 32.4 Å². The summed E-state index contributed by atoms with van der Waals surface area (Å²) < 4.78 is 0. The molecule has 0 radical (unpaired) electrons. The third kappa shape index (κ3) is 5.49. The van der Waals surface area contributed by atoms with Crippen LogP contribution in [0.1, 0.15) is 35.7 Å². The van der Waals surface area contributed by atoms with Gasteiger partial charge in [0.2, 0.25) is 0 Å². The summed E-state index contributed by atoms with van der Waals surface area (Å²) >= 11 is 1.91. The third-order valence-corrected chi connectivity index (χ3v) is 4.92. The molecular formula is C17H27ClN2OS. The van der Waals surface area contributed by atoms with Crippen LogP contribution in [-0.4, -0.2) is 43.2 Å². The zero-order chi connectivity index (χ0) is 15.1. The molecule has 1 amide bonds. The Morgan fingerprint density at radius 1 is 1.36 bits per heavy atom. The highest BCUT2D eigenvalue weighted by Crippen LogP contribution is 2.19. The van der Waals surface area contributed by atoms with Gasteiger partial charge in [-0.25, -0.2) is 0 Å². The largest absolute Gasteiger partial charge is 0.338 e. The summed E-state index contributed by atoms with van der Waals surface area (Å²) in [6, 6.07) is 8.14. The Kier molecular flexibility index (Phi) is 8.91. The molecule has 1 saturated heterocycles. The molecule has 0 saturated carbocycles. The smallest absolute Gasteiger partial charge is 0.253 e. The number of carbonyl (C=O) groups excluding carboxylic acids is 1. The van der Waals surface area contributed by atoms with Crippen LogP contribution in [0.5, 0.6) is 0 Å². The van der Waals surface area contributed by atoms with E-state index < -0.39 is 0 Å². The van der Waals surface area contributed by atoms with Crippen molar-refractivity contribution in [2.24, 2.45) is 5.92 Å². The van der Waals surface area contributed by atoms with Crippen LogP contribution in [0.15, 0.2) is 24.3 Å². The lowest BCUT2D eigenvalue weighted by Gasteiger charge is -2.32. The molecular weight excluding hydrogens is 316 g/mol. The van der Waals surface area contributed by atoms with Gasteiger partial charge in [0.25, 0.3) is 5.91 Å². The number of nitrogens with zero attached hydrogens (tertiary/aromatic N) is 1. The number of carbonyl (C=O) groups is 1. The van der Waals surface area contributed by atoms with Gasteiger partial charge in [0.05, 0.1) is 0 Å². The van der Waals surface area contributed by atoms with Crippen molar-refractivity contribution in [1.29, 1.82) is 0 Å². The van der Waals surface area contributed by atoms with Gasteiger partial charge in [0.15, 0.2) is 0 Å². The zero-order valence-electron chi connectivity index (χ0n) is 13.5. The van der Waals surface area contributed by atoms with E-state index in [0.29, 0.717) is 5.92 Å². The van der Waals surface area contributed by atoms with Gasteiger partial charge in [-0.2, -0.15) is 11.8 Å². The highest BCUT2D eigenvalue weighted by Gasteiger charge is 2.23. The molecule has 1 fully saturated rings. The van der Waals surface area contributed by atoms with Crippen molar-refractivity contribution in [3.05, 3.63) is 35.4 Å². The summed E-state index contributed by atoms with van der Waals surface area (Å²) in [5.41, 5.74) is 2.12. The second-order valence-corrected chi connectivity index (χ2v) is 6.93. The summed E-state index contributed by atoms with van der Waals surface area (Å²) in [5, 5.41) is 3.22. The Labute approximate surface area is 144 Å². The lowest BCUT2D eigenvalue weighted by atomic mass is 9.97. The molecule has 1 unspecified atom stereocenters. The van der Waals surface area contributed by atoms with Gasteiger partial charge in [-0.1, -0.05) is 19.1 Å². The molecule has 2 rings (SSSR count). The fourth-order valence-electron chi connectivity index (χ4n) is 2.85. The minimum Gasteiger partial charge on any atom is -0.338 e.